The summed E-state index contributed by atoms with van der Waals surface area (Å²) in [5, 5.41) is 0. The van der Waals surface area contributed by atoms with Crippen LogP contribution in [-0.2, 0) is 0 Å². The SMILES string of the molecule is [CH2]CC(F)(F)[C@@H](F)CCC. The van der Waals surface area contributed by atoms with E-state index in [-0.39, 0.29) is 6.42 Å². The van der Waals surface area contributed by atoms with E-state index in [0.717, 1.165) is 0 Å². The summed E-state index contributed by atoms with van der Waals surface area (Å²) in [6.07, 6.45) is -2.32. The van der Waals surface area contributed by atoms with Crippen LogP contribution in [0.2, 0.25) is 0 Å². The fourth-order valence-corrected chi connectivity index (χ4v) is 0.621. The first-order valence-corrected chi connectivity index (χ1v) is 3.35. The first-order valence-electron chi connectivity index (χ1n) is 3.35. The fraction of sp³-hybridized carbons (Fsp3) is 0.857. The Morgan fingerprint density at radius 2 is 2.00 bits per heavy atom. The lowest BCUT2D eigenvalue weighted by Gasteiger charge is -2.17. The molecule has 0 aliphatic rings. The molecule has 0 bridgehead atoms. The Morgan fingerprint density at radius 1 is 1.50 bits per heavy atom. The van der Waals surface area contributed by atoms with E-state index in [0.29, 0.717) is 6.42 Å². The molecule has 0 saturated heterocycles. The van der Waals surface area contributed by atoms with Crippen LogP contribution in [0, 0.1) is 6.92 Å². The highest BCUT2D eigenvalue weighted by atomic mass is 19.3. The monoisotopic (exact) mass is 153 g/mol. The Hall–Kier alpha value is -0.210. The zero-order valence-electron chi connectivity index (χ0n) is 6.04. The molecule has 0 unspecified atom stereocenters. The summed E-state index contributed by atoms with van der Waals surface area (Å²) in [4.78, 5) is 0. The van der Waals surface area contributed by atoms with E-state index in [4.69, 9.17) is 0 Å². The molecule has 3 heteroatoms. The number of hydrogen-bond donors (Lipinski definition) is 0. The van der Waals surface area contributed by atoms with E-state index in [1.165, 1.54) is 0 Å². The van der Waals surface area contributed by atoms with Crippen molar-refractivity contribution in [2.24, 2.45) is 0 Å². The normalized spacial score (nSPS) is 15.3. The molecule has 0 nitrogen and oxygen atoms in total. The van der Waals surface area contributed by atoms with Gasteiger partial charge >= 0.3 is 0 Å². The first kappa shape index (κ1) is 9.79. The summed E-state index contributed by atoms with van der Waals surface area (Å²) in [6, 6.07) is 0. The maximum atomic E-state index is 12.4. The highest BCUT2D eigenvalue weighted by Crippen LogP contribution is 2.27. The number of halogens is 3. The average Bonchev–Trinajstić information content (AvgIpc) is 1.89. The van der Waals surface area contributed by atoms with Gasteiger partial charge in [-0.05, 0) is 13.3 Å². The van der Waals surface area contributed by atoms with Gasteiger partial charge in [0, 0.05) is 6.42 Å². The fourth-order valence-electron chi connectivity index (χ4n) is 0.621. The van der Waals surface area contributed by atoms with E-state index < -0.39 is 18.5 Å². The van der Waals surface area contributed by atoms with Gasteiger partial charge in [0.1, 0.15) is 0 Å². The van der Waals surface area contributed by atoms with Gasteiger partial charge in [-0.15, -0.1) is 0 Å². The van der Waals surface area contributed by atoms with Crippen LogP contribution in [0.5, 0.6) is 0 Å². The zero-order chi connectivity index (χ0) is 8.20. The van der Waals surface area contributed by atoms with Gasteiger partial charge in [-0.25, -0.2) is 13.2 Å². The molecule has 61 valence electrons. The van der Waals surface area contributed by atoms with Crippen molar-refractivity contribution in [1.29, 1.82) is 0 Å². The lowest BCUT2D eigenvalue weighted by Crippen LogP contribution is -2.28. The molecule has 0 aromatic rings. The van der Waals surface area contributed by atoms with Crippen molar-refractivity contribution in [2.45, 2.75) is 38.3 Å². The predicted molar refractivity (Wildman–Crippen MR) is 34.7 cm³/mol. The Morgan fingerprint density at radius 3 is 2.30 bits per heavy atom. The Labute approximate surface area is 59.4 Å². The van der Waals surface area contributed by atoms with E-state index in [1.807, 2.05) is 0 Å². The Balaban J connectivity index is 3.78. The van der Waals surface area contributed by atoms with E-state index in [2.05, 4.69) is 6.92 Å². The summed E-state index contributed by atoms with van der Waals surface area (Å²) in [5.74, 6) is -3.23. The maximum Gasteiger partial charge on any atom is 0.278 e. The Bertz CT molecular complexity index is 90.9. The molecule has 0 aromatic carbocycles. The molecule has 1 radical (unpaired) electrons. The Kier molecular flexibility index (Phi) is 3.76. The third-order valence-electron chi connectivity index (χ3n) is 1.33. The summed E-state index contributed by atoms with van der Waals surface area (Å²) < 4.78 is 37.0. The van der Waals surface area contributed by atoms with Crippen molar-refractivity contribution < 1.29 is 13.2 Å². The second kappa shape index (κ2) is 3.84. The second-order valence-electron chi connectivity index (χ2n) is 2.27. The predicted octanol–water partition coefficient (Wildman–Crippen LogP) is 2.98. The van der Waals surface area contributed by atoms with Crippen LogP contribution in [0.25, 0.3) is 0 Å². The molecule has 0 amide bonds. The minimum Gasteiger partial charge on any atom is -0.241 e. The van der Waals surface area contributed by atoms with Gasteiger partial charge < -0.3 is 0 Å². The lowest BCUT2D eigenvalue weighted by atomic mass is 10.1. The minimum absolute atomic E-state index is 0.0808. The van der Waals surface area contributed by atoms with Crippen molar-refractivity contribution in [1.82, 2.24) is 0 Å². The third kappa shape index (κ3) is 2.58. The number of rotatable bonds is 4. The number of hydrogen-bond acceptors (Lipinski definition) is 0. The van der Waals surface area contributed by atoms with E-state index >= 15 is 0 Å². The summed E-state index contributed by atoms with van der Waals surface area (Å²) in [5.41, 5.74) is 0. The molecule has 1 atom stereocenters. The van der Waals surface area contributed by atoms with Crippen LogP contribution in [-0.4, -0.2) is 12.1 Å². The van der Waals surface area contributed by atoms with Gasteiger partial charge in [-0.1, -0.05) is 13.3 Å². The number of alkyl halides is 3. The van der Waals surface area contributed by atoms with Crippen molar-refractivity contribution in [3.05, 3.63) is 6.92 Å². The molecular formula is C7H12F3. The highest BCUT2D eigenvalue weighted by Gasteiger charge is 2.36. The van der Waals surface area contributed by atoms with Crippen molar-refractivity contribution >= 4 is 0 Å². The molecule has 0 spiro atoms. The molecule has 0 N–H and O–H groups in total. The topological polar surface area (TPSA) is 0 Å². The summed E-state index contributed by atoms with van der Waals surface area (Å²) in [6.45, 7) is 4.64. The van der Waals surface area contributed by atoms with Crippen LogP contribution in [0.1, 0.15) is 26.2 Å². The van der Waals surface area contributed by atoms with Gasteiger partial charge in [-0.2, -0.15) is 0 Å². The highest BCUT2D eigenvalue weighted by molar-refractivity contribution is 4.76. The van der Waals surface area contributed by atoms with Gasteiger partial charge in [-0.3, -0.25) is 0 Å². The van der Waals surface area contributed by atoms with Gasteiger partial charge in [0.15, 0.2) is 6.17 Å². The van der Waals surface area contributed by atoms with Gasteiger partial charge in [0.05, 0.1) is 0 Å². The molecule has 0 fully saturated rings. The molecule has 0 aromatic heterocycles. The van der Waals surface area contributed by atoms with Crippen LogP contribution >= 0.6 is 0 Å². The molecule has 0 rings (SSSR count). The van der Waals surface area contributed by atoms with Gasteiger partial charge in [0.2, 0.25) is 0 Å². The summed E-state index contributed by atoms with van der Waals surface area (Å²) in [7, 11) is 0. The van der Waals surface area contributed by atoms with Crippen LogP contribution in [0.3, 0.4) is 0 Å². The van der Waals surface area contributed by atoms with Crippen molar-refractivity contribution in [3.63, 3.8) is 0 Å². The smallest absolute Gasteiger partial charge is 0.241 e. The molecule has 0 aliphatic carbocycles. The maximum absolute atomic E-state index is 12.4. The van der Waals surface area contributed by atoms with Crippen LogP contribution in [0.15, 0.2) is 0 Å². The molecule has 0 aliphatic heterocycles. The average molecular weight is 153 g/mol. The van der Waals surface area contributed by atoms with E-state index in [9.17, 15) is 13.2 Å². The molecule has 0 heterocycles. The lowest BCUT2D eigenvalue weighted by molar-refractivity contribution is -0.0725. The van der Waals surface area contributed by atoms with Crippen LogP contribution < -0.4 is 0 Å². The zero-order valence-corrected chi connectivity index (χ0v) is 6.04. The van der Waals surface area contributed by atoms with Crippen molar-refractivity contribution in [3.8, 4) is 0 Å². The minimum atomic E-state index is -3.23. The quantitative estimate of drug-likeness (QED) is 0.582. The van der Waals surface area contributed by atoms with Gasteiger partial charge in [0.25, 0.3) is 5.92 Å². The van der Waals surface area contributed by atoms with E-state index in [1.54, 1.807) is 6.92 Å². The summed E-state index contributed by atoms with van der Waals surface area (Å²) >= 11 is 0. The van der Waals surface area contributed by atoms with Crippen molar-refractivity contribution in [2.75, 3.05) is 0 Å². The molecule has 10 heavy (non-hydrogen) atoms. The van der Waals surface area contributed by atoms with Crippen LogP contribution in [0.4, 0.5) is 13.2 Å². The second-order valence-corrected chi connectivity index (χ2v) is 2.27. The third-order valence-corrected chi connectivity index (χ3v) is 1.33. The molecule has 0 saturated carbocycles. The first-order chi connectivity index (χ1) is 4.54. The largest absolute Gasteiger partial charge is 0.278 e. The molecular weight excluding hydrogens is 141 g/mol. The standard InChI is InChI=1S/C7H12F3/c1-3-5-6(8)7(9,10)4-2/h6H,2-5H2,1H3/t6-/m0/s1.